The van der Waals surface area contributed by atoms with Crippen molar-refractivity contribution in [3.8, 4) is 0 Å². The van der Waals surface area contributed by atoms with Gasteiger partial charge < -0.3 is 20.3 Å². The highest BCUT2D eigenvalue weighted by Crippen LogP contribution is 2.25. The van der Waals surface area contributed by atoms with E-state index in [1.165, 1.54) is 5.69 Å². The van der Waals surface area contributed by atoms with Crippen molar-refractivity contribution in [3.05, 3.63) is 30.0 Å². The predicted molar refractivity (Wildman–Crippen MR) is 74.7 cm³/mol. The Morgan fingerprint density at radius 2 is 2.11 bits per heavy atom. The van der Waals surface area contributed by atoms with Gasteiger partial charge in [-0.25, -0.2) is 0 Å². The number of hydrogen-bond acceptors (Lipinski definition) is 3. The summed E-state index contributed by atoms with van der Waals surface area (Å²) in [4.78, 5) is 16.3. The Bertz CT molecular complexity index is 600. The monoisotopic (exact) mass is 259 g/mol. The Morgan fingerprint density at radius 3 is 2.84 bits per heavy atom. The van der Waals surface area contributed by atoms with Gasteiger partial charge in [0.25, 0.3) is 0 Å². The molecule has 0 atom stereocenters. The number of carboxylic acid groups (broad SMARTS) is 1. The molecule has 0 radical (unpaired) electrons. The third-order valence-corrected chi connectivity index (χ3v) is 3.57. The molecule has 3 N–H and O–H groups in total. The summed E-state index contributed by atoms with van der Waals surface area (Å²) < 4.78 is 0. The largest absolute Gasteiger partial charge is 0.481 e. The van der Waals surface area contributed by atoms with E-state index in [0.29, 0.717) is 0 Å². The lowest BCUT2D eigenvalue weighted by Crippen LogP contribution is -2.43. The summed E-state index contributed by atoms with van der Waals surface area (Å²) >= 11 is 0. The number of nitrogens with one attached hydrogen (secondary N) is 2. The molecule has 2 aromatic rings. The van der Waals surface area contributed by atoms with Gasteiger partial charge in [-0.2, -0.15) is 0 Å². The van der Waals surface area contributed by atoms with Gasteiger partial charge in [0.15, 0.2) is 0 Å². The van der Waals surface area contributed by atoms with Crippen molar-refractivity contribution < 1.29 is 9.90 Å². The second kappa shape index (κ2) is 4.93. The predicted octanol–water partition coefficient (Wildman–Crippen LogP) is 1.20. The SMILES string of the molecule is O=C(O)Cc1c[nH]c2ccc(N3CCNCC3)cc12. The molecule has 5 heteroatoms. The fraction of sp³-hybridized carbons (Fsp3) is 0.357. The van der Waals surface area contributed by atoms with Crippen molar-refractivity contribution in [1.29, 1.82) is 0 Å². The second-order valence-corrected chi connectivity index (χ2v) is 4.85. The number of fused-ring (bicyclic) bond motifs is 1. The van der Waals surface area contributed by atoms with Crippen LogP contribution in [0.3, 0.4) is 0 Å². The summed E-state index contributed by atoms with van der Waals surface area (Å²) in [5, 5.41) is 13.3. The molecule has 1 fully saturated rings. The molecule has 19 heavy (non-hydrogen) atoms. The summed E-state index contributed by atoms with van der Waals surface area (Å²) in [5.41, 5.74) is 3.01. The van der Waals surface area contributed by atoms with Gasteiger partial charge in [-0.05, 0) is 23.8 Å². The zero-order chi connectivity index (χ0) is 13.2. The van der Waals surface area contributed by atoms with E-state index in [1.54, 1.807) is 6.20 Å². The summed E-state index contributed by atoms with van der Waals surface area (Å²) in [6.45, 7) is 3.97. The topological polar surface area (TPSA) is 68.4 Å². The van der Waals surface area contributed by atoms with Gasteiger partial charge in [-0.15, -0.1) is 0 Å². The minimum Gasteiger partial charge on any atom is -0.481 e. The maximum Gasteiger partial charge on any atom is 0.307 e. The Hall–Kier alpha value is -2.01. The fourth-order valence-electron chi connectivity index (χ4n) is 2.60. The van der Waals surface area contributed by atoms with Crippen molar-refractivity contribution in [1.82, 2.24) is 10.3 Å². The molecular formula is C14H17N3O2. The Balaban J connectivity index is 1.95. The smallest absolute Gasteiger partial charge is 0.307 e. The number of anilines is 1. The van der Waals surface area contributed by atoms with Gasteiger partial charge in [-0.1, -0.05) is 0 Å². The number of aromatic nitrogens is 1. The maximum atomic E-state index is 10.9. The molecule has 3 rings (SSSR count). The fourth-order valence-corrected chi connectivity index (χ4v) is 2.60. The lowest BCUT2D eigenvalue weighted by molar-refractivity contribution is -0.136. The highest BCUT2D eigenvalue weighted by molar-refractivity contribution is 5.89. The first-order chi connectivity index (χ1) is 9.24. The van der Waals surface area contributed by atoms with Gasteiger partial charge >= 0.3 is 5.97 Å². The first kappa shape index (κ1) is 12.0. The van der Waals surface area contributed by atoms with Crippen LogP contribution >= 0.6 is 0 Å². The van der Waals surface area contributed by atoms with Crippen LogP contribution < -0.4 is 10.2 Å². The number of piperazine rings is 1. The molecule has 0 bridgehead atoms. The molecule has 0 amide bonds. The number of carbonyl (C=O) groups is 1. The van der Waals surface area contributed by atoms with E-state index in [0.717, 1.165) is 42.6 Å². The highest BCUT2D eigenvalue weighted by Gasteiger charge is 2.13. The first-order valence-corrected chi connectivity index (χ1v) is 6.51. The molecule has 1 saturated heterocycles. The third-order valence-electron chi connectivity index (χ3n) is 3.57. The molecule has 1 aromatic heterocycles. The number of rotatable bonds is 3. The Labute approximate surface area is 111 Å². The van der Waals surface area contributed by atoms with Gasteiger partial charge in [0, 0.05) is 49.0 Å². The van der Waals surface area contributed by atoms with Gasteiger partial charge in [-0.3, -0.25) is 4.79 Å². The molecule has 1 aliphatic rings. The number of benzene rings is 1. The number of nitrogens with zero attached hydrogens (tertiary/aromatic N) is 1. The third kappa shape index (κ3) is 2.42. The van der Waals surface area contributed by atoms with E-state index in [-0.39, 0.29) is 6.42 Å². The minimum absolute atomic E-state index is 0.0605. The van der Waals surface area contributed by atoms with Crippen molar-refractivity contribution in [2.24, 2.45) is 0 Å². The van der Waals surface area contributed by atoms with Gasteiger partial charge in [0.1, 0.15) is 0 Å². The number of hydrogen-bond donors (Lipinski definition) is 3. The van der Waals surface area contributed by atoms with E-state index >= 15 is 0 Å². The van der Waals surface area contributed by atoms with E-state index in [4.69, 9.17) is 5.11 Å². The zero-order valence-electron chi connectivity index (χ0n) is 10.6. The van der Waals surface area contributed by atoms with Gasteiger partial charge in [0.05, 0.1) is 6.42 Å². The van der Waals surface area contributed by atoms with E-state index in [1.807, 2.05) is 6.07 Å². The van der Waals surface area contributed by atoms with Crippen LogP contribution in [0.25, 0.3) is 10.9 Å². The molecule has 0 spiro atoms. The summed E-state index contributed by atoms with van der Waals surface area (Å²) in [6.07, 6.45) is 1.85. The molecule has 2 heterocycles. The standard InChI is InChI=1S/C14H17N3O2/c18-14(19)7-10-9-16-13-2-1-11(8-12(10)13)17-5-3-15-4-6-17/h1-2,8-9,15-16H,3-7H2,(H,18,19). The summed E-state index contributed by atoms with van der Waals surface area (Å²) in [6, 6.07) is 6.21. The number of H-pyrrole nitrogens is 1. The van der Waals surface area contributed by atoms with Crippen LogP contribution in [0, 0.1) is 0 Å². The zero-order valence-corrected chi connectivity index (χ0v) is 10.6. The van der Waals surface area contributed by atoms with Crippen molar-refractivity contribution in [3.63, 3.8) is 0 Å². The summed E-state index contributed by atoms with van der Waals surface area (Å²) in [5.74, 6) is -0.798. The van der Waals surface area contributed by atoms with Crippen LogP contribution in [-0.4, -0.2) is 42.2 Å². The normalized spacial score (nSPS) is 15.9. The van der Waals surface area contributed by atoms with Crippen LogP contribution in [0.4, 0.5) is 5.69 Å². The highest BCUT2D eigenvalue weighted by atomic mass is 16.4. The number of aliphatic carboxylic acids is 1. The Kier molecular flexibility index (Phi) is 3.13. The van der Waals surface area contributed by atoms with Crippen molar-refractivity contribution >= 4 is 22.6 Å². The summed E-state index contributed by atoms with van der Waals surface area (Å²) in [7, 11) is 0. The molecule has 1 aliphatic heterocycles. The molecular weight excluding hydrogens is 242 g/mol. The average molecular weight is 259 g/mol. The van der Waals surface area contributed by atoms with Crippen molar-refractivity contribution in [2.75, 3.05) is 31.1 Å². The maximum absolute atomic E-state index is 10.9. The van der Waals surface area contributed by atoms with E-state index in [9.17, 15) is 4.79 Å². The molecule has 5 nitrogen and oxygen atoms in total. The average Bonchev–Trinajstić information content (AvgIpc) is 2.82. The quantitative estimate of drug-likeness (QED) is 0.775. The van der Waals surface area contributed by atoms with Crippen LogP contribution in [0.2, 0.25) is 0 Å². The minimum atomic E-state index is -0.798. The lowest BCUT2D eigenvalue weighted by Gasteiger charge is -2.29. The molecule has 1 aromatic carbocycles. The van der Waals surface area contributed by atoms with Gasteiger partial charge in [0.2, 0.25) is 0 Å². The first-order valence-electron chi connectivity index (χ1n) is 6.51. The molecule has 0 unspecified atom stereocenters. The molecule has 100 valence electrons. The van der Waals surface area contributed by atoms with Crippen molar-refractivity contribution in [2.45, 2.75) is 6.42 Å². The van der Waals surface area contributed by atoms with E-state index < -0.39 is 5.97 Å². The lowest BCUT2D eigenvalue weighted by atomic mass is 10.1. The number of aromatic amines is 1. The number of carboxylic acids is 1. The second-order valence-electron chi connectivity index (χ2n) is 4.85. The molecule has 0 aliphatic carbocycles. The van der Waals surface area contributed by atoms with Crippen LogP contribution in [-0.2, 0) is 11.2 Å². The van der Waals surface area contributed by atoms with Crippen LogP contribution in [0.5, 0.6) is 0 Å². The Morgan fingerprint density at radius 1 is 1.32 bits per heavy atom. The van der Waals surface area contributed by atoms with Crippen LogP contribution in [0.1, 0.15) is 5.56 Å². The molecule has 0 saturated carbocycles. The van der Waals surface area contributed by atoms with Crippen LogP contribution in [0.15, 0.2) is 24.4 Å². The van der Waals surface area contributed by atoms with E-state index in [2.05, 4.69) is 27.3 Å².